The highest BCUT2D eigenvalue weighted by molar-refractivity contribution is 6.31. The number of carboxylic acid groups (broad SMARTS) is 1. The van der Waals surface area contributed by atoms with Crippen LogP contribution in [0.15, 0.2) is 72.8 Å². The number of carbonyl (C=O) groups is 3. The number of nitrogens with one attached hydrogen (secondary N) is 2. The van der Waals surface area contributed by atoms with Crippen molar-refractivity contribution < 1.29 is 29.0 Å². The smallest absolute Gasteiger partial charge is 0.407 e. The molecule has 8 nitrogen and oxygen atoms in total. The van der Waals surface area contributed by atoms with E-state index in [9.17, 15) is 19.5 Å². The summed E-state index contributed by atoms with van der Waals surface area (Å²) < 4.78 is 10.6. The van der Waals surface area contributed by atoms with E-state index in [2.05, 4.69) is 10.6 Å². The van der Waals surface area contributed by atoms with Gasteiger partial charge in [-0.2, -0.15) is 0 Å². The lowest BCUT2D eigenvalue weighted by Crippen LogP contribution is -2.41. The summed E-state index contributed by atoms with van der Waals surface area (Å²) in [7, 11) is 0. The number of aliphatic carboxylic acids is 1. The van der Waals surface area contributed by atoms with Gasteiger partial charge < -0.3 is 25.2 Å². The summed E-state index contributed by atoms with van der Waals surface area (Å²) in [5.41, 5.74) is 5.08. The molecule has 3 aromatic rings. The van der Waals surface area contributed by atoms with E-state index >= 15 is 0 Å². The van der Waals surface area contributed by atoms with Gasteiger partial charge in [-0.15, -0.1) is 0 Å². The van der Waals surface area contributed by atoms with Gasteiger partial charge in [0.15, 0.2) is 0 Å². The molecule has 2 amide bonds. The summed E-state index contributed by atoms with van der Waals surface area (Å²) in [5.74, 6) is -1.26. The van der Waals surface area contributed by atoms with Crippen LogP contribution in [-0.2, 0) is 20.9 Å². The Hall–Kier alpha value is -4.04. The monoisotopic (exact) mass is 536 g/mol. The Bertz CT molecular complexity index is 1250. The molecule has 0 aliphatic heterocycles. The first kappa shape index (κ1) is 27.0. The Morgan fingerprint density at radius 3 is 2.13 bits per heavy atom. The molecule has 0 spiro atoms. The Morgan fingerprint density at radius 2 is 1.47 bits per heavy atom. The van der Waals surface area contributed by atoms with Crippen molar-refractivity contribution in [3.8, 4) is 11.1 Å². The molecule has 0 unspecified atom stereocenters. The zero-order valence-electron chi connectivity index (χ0n) is 20.7. The van der Waals surface area contributed by atoms with E-state index in [1.807, 2.05) is 48.5 Å². The SMILES string of the molecule is O=C(NCCCC[C@H](NC(=O)OCC1c2ccccc2-c2ccccc21)C(=O)O)OCc1ccccc1Cl. The molecule has 0 aromatic heterocycles. The highest BCUT2D eigenvalue weighted by atomic mass is 35.5. The van der Waals surface area contributed by atoms with E-state index in [0.717, 1.165) is 22.3 Å². The minimum absolute atomic E-state index is 0.0522. The molecule has 0 saturated heterocycles. The van der Waals surface area contributed by atoms with Crippen LogP contribution in [0.3, 0.4) is 0 Å². The van der Waals surface area contributed by atoms with Gasteiger partial charge in [-0.1, -0.05) is 78.3 Å². The molecule has 4 rings (SSSR count). The predicted octanol–water partition coefficient (Wildman–Crippen LogP) is 5.73. The molecular formula is C29H29ClN2O6. The number of carbonyl (C=O) groups excluding carboxylic acids is 2. The Labute approximate surface area is 225 Å². The van der Waals surface area contributed by atoms with E-state index in [0.29, 0.717) is 30.0 Å². The van der Waals surface area contributed by atoms with Gasteiger partial charge in [-0.05, 0) is 47.6 Å². The number of fused-ring (bicyclic) bond motifs is 3. The summed E-state index contributed by atoms with van der Waals surface area (Å²) >= 11 is 6.04. The van der Waals surface area contributed by atoms with Gasteiger partial charge in [0.05, 0.1) is 0 Å². The number of halogens is 1. The Kier molecular flexibility index (Phi) is 9.21. The van der Waals surface area contributed by atoms with Crippen LogP contribution in [0.5, 0.6) is 0 Å². The minimum Gasteiger partial charge on any atom is -0.480 e. The van der Waals surface area contributed by atoms with E-state index in [1.54, 1.807) is 24.3 Å². The zero-order chi connectivity index (χ0) is 26.9. The Balaban J connectivity index is 1.18. The number of hydrogen-bond donors (Lipinski definition) is 3. The average Bonchev–Trinajstić information content (AvgIpc) is 3.24. The van der Waals surface area contributed by atoms with Gasteiger partial charge in [0, 0.05) is 23.0 Å². The zero-order valence-corrected chi connectivity index (χ0v) is 21.4. The van der Waals surface area contributed by atoms with Crippen LogP contribution in [0.2, 0.25) is 5.02 Å². The summed E-state index contributed by atoms with van der Waals surface area (Å²) in [4.78, 5) is 36.0. The third-order valence-electron chi connectivity index (χ3n) is 6.44. The topological polar surface area (TPSA) is 114 Å². The molecule has 38 heavy (non-hydrogen) atoms. The second-order valence-electron chi connectivity index (χ2n) is 8.95. The third kappa shape index (κ3) is 6.83. The fraction of sp³-hybridized carbons (Fsp3) is 0.276. The van der Waals surface area contributed by atoms with Crippen LogP contribution in [-0.4, -0.2) is 42.5 Å². The standard InChI is InChI=1S/C29H29ClN2O6/c30-25-14-6-1-9-19(25)17-37-28(35)31-16-8-7-15-26(27(33)34)32-29(36)38-18-24-22-12-4-2-10-20(22)21-11-3-5-13-23(21)24/h1-6,9-14,24,26H,7-8,15-18H2,(H,31,35)(H,32,36)(H,33,34)/t26-/m0/s1. The number of ether oxygens (including phenoxy) is 2. The quantitative estimate of drug-likeness (QED) is 0.270. The fourth-order valence-corrected chi connectivity index (χ4v) is 4.70. The fourth-order valence-electron chi connectivity index (χ4n) is 4.51. The summed E-state index contributed by atoms with van der Waals surface area (Å²) in [5, 5.41) is 15.1. The van der Waals surface area contributed by atoms with Gasteiger partial charge in [0.1, 0.15) is 19.3 Å². The number of carboxylic acids is 1. The summed E-state index contributed by atoms with van der Waals surface area (Å²) in [6.45, 7) is 0.460. The van der Waals surface area contributed by atoms with Crippen molar-refractivity contribution in [3.05, 3.63) is 94.5 Å². The van der Waals surface area contributed by atoms with Crippen molar-refractivity contribution in [1.82, 2.24) is 10.6 Å². The maximum atomic E-state index is 12.5. The number of hydrogen-bond acceptors (Lipinski definition) is 5. The lowest BCUT2D eigenvalue weighted by molar-refractivity contribution is -0.139. The second-order valence-corrected chi connectivity index (χ2v) is 9.36. The first-order valence-electron chi connectivity index (χ1n) is 12.4. The highest BCUT2D eigenvalue weighted by Gasteiger charge is 2.29. The number of unbranched alkanes of at least 4 members (excludes halogenated alkanes) is 1. The maximum absolute atomic E-state index is 12.5. The van der Waals surface area contributed by atoms with Crippen molar-refractivity contribution in [3.63, 3.8) is 0 Å². The molecule has 3 N–H and O–H groups in total. The third-order valence-corrected chi connectivity index (χ3v) is 6.81. The van der Waals surface area contributed by atoms with E-state index < -0.39 is 24.2 Å². The molecule has 198 valence electrons. The van der Waals surface area contributed by atoms with Crippen LogP contribution in [0.25, 0.3) is 11.1 Å². The van der Waals surface area contributed by atoms with E-state index in [-0.39, 0.29) is 25.6 Å². The highest BCUT2D eigenvalue weighted by Crippen LogP contribution is 2.44. The normalized spacial score (nSPS) is 12.7. The molecule has 1 atom stereocenters. The molecule has 0 saturated carbocycles. The maximum Gasteiger partial charge on any atom is 0.407 e. The molecule has 0 radical (unpaired) electrons. The number of rotatable bonds is 11. The molecule has 1 aliphatic rings. The molecule has 9 heteroatoms. The van der Waals surface area contributed by atoms with Crippen LogP contribution in [0.4, 0.5) is 9.59 Å². The largest absolute Gasteiger partial charge is 0.480 e. The summed E-state index contributed by atoms with van der Waals surface area (Å²) in [6, 6.07) is 21.9. The van der Waals surface area contributed by atoms with Crippen molar-refractivity contribution in [2.75, 3.05) is 13.2 Å². The molecular weight excluding hydrogens is 508 g/mol. The van der Waals surface area contributed by atoms with Gasteiger partial charge >= 0.3 is 18.2 Å². The van der Waals surface area contributed by atoms with Crippen LogP contribution >= 0.6 is 11.6 Å². The lowest BCUT2D eigenvalue weighted by Gasteiger charge is -2.17. The minimum atomic E-state index is -1.15. The number of amides is 2. The first-order valence-corrected chi connectivity index (χ1v) is 12.8. The van der Waals surface area contributed by atoms with E-state index in [4.69, 9.17) is 21.1 Å². The van der Waals surface area contributed by atoms with Gasteiger partial charge in [-0.25, -0.2) is 14.4 Å². The van der Waals surface area contributed by atoms with Crippen LogP contribution in [0.1, 0.15) is 41.9 Å². The predicted molar refractivity (Wildman–Crippen MR) is 143 cm³/mol. The number of benzene rings is 3. The Morgan fingerprint density at radius 1 is 0.842 bits per heavy atom. The van der Waals surface area contributed by atoms with E-state index in [1.165, 1.54) is 0 Å². The molecule has 3 aromatic carbocycles. The first-order chi connectivity index (χ1) is 18.4. The van der Waals surface area contributed by atoms with Gasteiger partial charge in [-0.3, -0.25) is 0 Å². The van der Waals surface area contributed by atoms with Crippen molar-refractivity contribution in [2.45, 2.75) is 37.8 Å². The van der Waals surface area contributed by atoms with Crippen LogP contribution < -0.4 is 10.6 Å². The van der Waals surface area contributed by atoms with Crippen molar-refractivity contribution in [1.29, 1.82) is 0 Å². The second kappa shape index (κ2) is 13.0. The lowest BCUT2D eigenvalue weighted by atomic mass is 9.98. The van der Waals surface area contributed by atoms with Crippen molar-refractivity contribution in [2.24, 2.45) is 0 Å². The number of alkyl carbamates (subject to hydrolysis) is 2. The van der Waals surface area contributed by atoms with Gasteiger partial charge in [0.25, 0.3) is 0 Å². The van der Waals surface area contributed by atoms with Gasteiger partial charge in [0.2, 0.25) is 0 Å². The molecule has 0 bridgehead atoms. The summed E-state index contributed by atoms with van der Waals surface area (Å²) in [6.07, 6.45) is -0.199. The average molecular weight is 537 g/mol. The molecule has 0 heterocycles. The molecule has 0 fully saturated rings. The van der Waals surface area contributed by atoms with Crippen molar-refractivity contribution >= 4 is 29.8 Å². The van der Waals surface area contributed by atoms with Crippen LogP contribution in [0, 0.1) is 0 Å². The molecule has 1 aliphatic carbocycles.